The molecular formula is C19H21N. The summed E-state index contributed by atoms with van der Waals surface area (Å²) in [4.78, 5) is 0. The molecule has 0 fully saturated rings. The van der Waals surface area contributed by atoms with Crippen molar-refractivity contribution in [1.29, 1.82) is 0 Å². The van der Waals surface area contributed by atoms with Gasteiger partial charge in [0.25, 0.3) is 0 Å². The second-order valence-electron chi connectivity index (χ2n) is 5.73. The third-order valence-electron chi connectivity index (χ3n) is 4.38. The third-order valence-corrected chi connectivity index (χ3v) is 4.38. The van der Waals surface area contributed by atoms with Gasteiger partial charge in [-0.2, -0.15) is 0 Å². The van der Waals surface area contributed by atoms with E-state index in [1.807, 2.05) is 0 Å². The lowest BCUT2D eigenvalue weighted by Crippen LogP contribution is -2.14. The van der Waals surface area contributed by atoms with E-state index in [-0.39, 0.29) is 0 Å². The number of hydrogen-bond acceptors (Lipinski definition) is 1. The average molecular weight is 263 g/mol. The summed E-state index contributed by atoms with van der Waals surface area (Å²) in [6.07, 6.45) is 3.37. The van der Waals surface area contributed by atoms with Crippen LogP contribution < -0.4 is 5.73 Å². The molecule has 2 N–H and O–H groups in total. The van der Waals surface area contributed by atoms with Crippen molar-refractivity contribution in [3.63, 3.8) is 0 Å². The van der Waals surface area contributed by atoms with Crippen molar-refractivity contribution in [2.45, 2.75) is 26.2 Å². The van der Waals surface area contributed by atoms with Crippen LogP contribution in [0.3, 0.4) is 0 Å². The fraction of sp³-hybridized carbons (Fsp3) is 0.263. The van der Waals surface area contributed by atoms with Crippen molar-refractivity contribution in [2.24, 2.45) is 5.73 Å². The highest BCUT2D eigenvalue weighted by molar-refractivity contribution is 5.67. The van der Waals surface area contributed by atoms with Crippen molar-refractivity contribution in [2.75, 3.05) is 6.54 Å². The predicted molar refractivity (Wildman–Crippen MR) is 85.8 cm³/mol. The maximum atomic E-state index is 6.04. The van der Waals surface area contributed by atoms with E-state index >= 15 is 0 Å². The highest BCUT2D eigenvalue weighted by Gasteiger charge is 2.21. The molecule has 1 aliphatic rings. The van der Waals surface area contributed by atoms with Crippen LogP contribution in [-0.4, -0.2) is 6.54 Å². The van der Waals surface area contributed by atoms with Gasteiger partial charge in [0.05, 0.1) is 0 Å². The maximum Gasteiger partial charge on any atom is 0.0178 e. The summed E-state index contributed by atoms with van der Waals surface area (Å²) in [5.41, 5.74) is 14.4. The van der Waals surface area contributed by atoms with E-state index in [1.165, 1.54) is 33.4 Å². The van der Waals surface area contributed by atoms with E-state index in [1.54, 1.807) is 0 Å². The second-order valence-corrected chi connectivity index (χ2v) is 5.73. The van der Waals surface area contributed by atoms with Gasteiger partial charge in [-0.3, -0.25) is 0 Å². The van der Waals surface area contributed by atoms with Crippen LogP contribution in [-0.2, 0) is 6.42 Å². The van der Waals surface area contributed by atoms with Gasteiger partial charge in [-0.1, -0.05) is 54.1 Å². The normalized spacial score (nSPS) is 14.8. The van der Waals surface area contributed by atoms with Crippen molar-refractivity contribution in [3.05, 3.63) is 75.9 Å². The van der Waals surface area contributed by atoms with Crippen LogP contribution in [0.25, 0.3) is 6.08 Å². The molecule has 0 spiro atoms. The Balaban J connectivity index is 1.95. The molecule has 3 rings (SSSR count). The summed E-state index contributed by atoms with van der Waals surface area (Å²) < 4.78 is 0. The van der Waals surface area contributed by atoms with E-state index in [0.29, 0.717) is 12.5 Å². The first-order chi connectivity index (χ1) is 9.69. The van der Waals surface area contributed by atoms with Crippen LogP contribution in [0, 0.1) is 13.8 Å². The van der Waals surface area contributed by atoms with Crippen LogP contribution in [0.2, 0.25) is 0 Å². The van der Waals surface area contributed by atoms with E-state index < -0.39 is 0 Å². The number of fused-ring (bicyclic) bond motifs is 1. The predicted octanol–water partition coefficient (Wildman–Crippen LogP) is 3.99. The fourth-order valence-corrected chi connectivity index (χ4v) is 3.07. The van der Waals surface area contributed by atoms with Gasteiger partial charge in [-0.05, 0) is 48.1 Å². The second kappa shape index (κ2) is 5.26. The van der Waals surface area contributed by atoms with Crippen molar-refractivity contribution >= 4 is 6.08 Å². The zero-order valence-corrected chi connectivity index (χ0v) is 12.2. The Morgan fingerprint density at radius 3 is 2.45 bits per heavy atom. The summed E-state index contributed by atoms with van der Waals surface area (Å²) in [6.45, 7) is 5.03. The van der Waals surface area contributed by atoms with Crippen LogP contribution >= 0.6 is 0 Å². The Morgan fingerprint density at radius 2 is 1.75 bits per heavy atom. The highest BCUT2D eigenvalue weighted by atomic mass is 14.6. The lowest BCUT2D eigenvalue weighted by molar-refractivity contribution is 0.786. The molecule has 1 unspecified atom stereocenters. The summed E-state index contributed by atoms with van der Waals surface area (Å²) in [5.74, 6) is 0.337. The smallest absolute Gasteiger partial charge is 0.0178 e. The summed E-state index contributed by atoms with van der Waals surface area (Å²) in [7, 11) is 0. The summed E-state index contributed by atoms with van der Waals surface area (Å²) in [5, 5.41) is 0. The standard InChI is InChI=1S/C19H21N/c1-13-8-16-10-18(11-17(16)9-14(13)2)19(12-20)15-6-4-3-5-7-15/h3-10,19H,11-12,20H2,1-2H3. The van der Waals surface area contributed by atoms with E-state index in [2.05, 4.69) is 62.4 Å². The quantitative estimate of drug-likeness (QED) is 0.890. The molecular weight excluding hydrogens is 242 g/mol. The van der Waals surface area contributed by atoms with Gasteiger partial charge in [0.1, 0.15) is 0 Å². The number of hydrogen-bond donors (Lipinski definition) is 1. The molecule has 102 valence electrons. The number of nitrogens with two attached hydrogens (primary N) is 1. The SMILES string of the molecule is Cc1cc2c(cc1C)CC(C(CN)c1ccccc1)=C2. The number of rotatable bonds is 3. The Kier molecular flexibility index (Phi) is 3.45. The first-order valence-corrected chi connectivity index (χ1v) is 7.24. The van der Waals surface area contributed by atoms with Gasteiger partial charge in [-0.25, -0.2) is 0 Å². The van der Waals surface area contributed by atoms with Gasteiger partial charge in [0, 0.05) is 12.5 Å². The molecule has 0 saturated heterocycles. The molecule has 1 atom stereocenters. The van der Waals surface area contributed by atoms with Gasteiger partial charge in [-0.15, -0.1) is 0 Å². The van der Waals surface area contributed by atoms with Crippen LogP contribution in [0.5, 0.6) is 0 Å². The van der Waals surface area contributed by atoms with E-state index in [9.17, 15) is 0 Å². The zero-order valence-electron chi connectivity index (χ0n) is 12.2. The van der Waals surface area contributed by atoms with Gasteiger partial charge >= 0.3 is 0 Å². The number of aryl methyl sites for hydroxylation is 2. The van der Waals surface area contributed by atoms with Gasteiger partial charge < -0.3 is 5.73 Å². The van der Waals surface area contributed by atoms with Crippen molar-refractivity contribution < 1.29 is 0 Å². The highest BCUT2D eigenvalue weighted by Crippen LogP contribution is 2.35. The van der Waals surface area contributed by atoms with E-state index in [4.69, 9.17) is 5.73 Å². The molecule has 1 nitrogen and oxygen atoms in total. The molecule has 2 aromatic carbocycles. The summed E-state index contributed by atoms with van der Waals surface area (Å²) >= 11 is 0. The Labute approximate surface area is 121 Å². The monoisotopic (exact) mass is 263 g/mol. The lowest BCUT2D eigenvalue weighted by atomic mass is 9.90. The Morgan fingerprint density at radius 1 is 1.05 bits per heavy atom. The third kappa shape index (κ3) is 2.30. The largest absolute Gasteiger partial charge is 0.330 e. The fourth-order valence-electron chi connectivity index (χ4n) is 3.07. The molecule has 20 heavy (non-hydrogen) atoms. The van der Waals surface area contributed by atoms with Crippen LogP contribution in [0.4, 0.5) is 0 Å². The topological polar surface area (TPSA) is 26.0 Å². The average Bonchev–Trinajstić information content (AvgIpc) is 2.84. The van der Waals surface area contributed by atoms with Crippen molar-refractivity contribution in [1.82, 2.24) is 0 Å². The van der Waals surface area contributed by atoms with E-state index in [0.717, 1.165) is 6.42 Å². The molecule has 0 radical (unpaired) electrons. The van der Waals surface area contributed by atoms with Gasteiger partial charge in [0.2, 0.25) is 0 Å². The minimum absolute atomic E-state index is 0.337. The first kappa shape index (κ1) is 13.1. The molecule has 0 amide bonds. The Hall–Kier alpha value is -1.86. The number of benzene rings is 2. The van der Waals surface area contributed by atoms with Crippen LogP contribution in [0.1, 0.15) is 33.7 Å². The zero-order chi connectivity index (χ0) is 14.1. The van der Waals surface area contributed by atoms with Crippen LogP contribution in [0.15, 0.2) is 48.0 Å². The molecule has 2 aromatic rings. The molecule has 1 aliphatic carbocycles. The molecule has 0 heterocycles. The first-order valence-electron chi connectivity index (χ1n) is 7.24. The molecule has 1 heteroatoms. The lowest BCUT2D eigenvalue weighted by Gasteiger charge is -2.16. The molecule has 0 aromatic heterocycles. The van der Waals surface area contributed by atoms with Gasteiger partial charge in [0.15, 0.2) is 0 Å². The molecule has 0 bridgehead atoms. The Bertz CT molecular complexity index is 653. The molecule has 0 saturated carbocycles. The minimum atomic E-state index is 0.337. The molecule has 0 aliphatic heterocycles. The summed E-state index contributed by atoms with van der Waals surface area (Å²) in [6, 6.07) is 15.2. The maximum absolute atomic E-state index is 6.04. The minimum Gasteiger partial charge on any atom is -0.330 e. The van der Waals surface area contributed by atoms with Crippen molar-refractivity contribution in [3.8, 4) is 0 Å².